The van der Waals surface area contributed by atoms with E-state index in [2.05, 4.69) is 27.1 Å². The van der Waals surface area contributed by atoms with Crippen LogP contribution in [0.25, 0.3) is 22.6 Å². The molecule has 0 unspecified atom stereocenters. The Bertz CT molecular complexity index is 1440. The lowest BCUT2D eigenvalue weighted by molar-refractivity contribution is -0.192. The summed E-state index contributed by atoms with van der Waals surface area (Å²) in [5.74, 6) is 4.83. The minimum absolute atomic E-state index is 0.167. The Balaban J connectivity index is 0.000000505. The van der Waals surface area contributed by atoms with Crippen molar-refractivity contribution in [1.29, 1.82) is 0 Å². The third kappa shape index (κ3) is 6.77. The van der Waals surface area contributed by atoms with Crippen LogP contribution in [0.4, 0.5) is 19.0 Å². The molecule has 0 aliphatic heterocycles. The largest absolute Gasteiger partial charge is 0.490 e. The fourth-order valence-electron chi connectivity index (χ4n) is 3.23. The van der Waals surface area contributed by atoms with Crippen LogP contribution in [0.15, 0.2) is 41.2 Å². The molecule has 3 heterocycles. The Hall–Kier alpha value is -4.64. The molecule has 0 radical (unpaired) electrons. The molecule has 11 nitrogen and oxygen atoms in total. The summed E-state index contributed by atoms with van der Waals surface area (Å²) in [6, 6.07) is 9.71. The molecular formula is C24H24F3N7O4. The molecule has 0 saturated heterocycles. The summed E-state index contributed by atoms with van der Waals surface area (Å²) in [5, 5.41) is 14.7. The number of unbranched alkanes of at least 4 members (excludes halogenated alkanes) is 1. The van der Waals surface area contributed by atoms with Gasteiger partial charge in [-0.25, -0.2) is 19.4 Å². The monoisotopic (exact) mass is 531 g/mol. The number of nitrogens with two attached hydrogens (primary N) is 2. The second kappa shape index (κ2) is 12.5. The van der Waals surface area contributed by atoms with Crippen LogP contribution < -0.4 is 16.2 Å². The molecule has 0 saturated carbocycles. The van der Waals surface area contributed by atoms with Gasteiger partial charge in [0.25, 0.3) is 0 Å². The molecule has 0 bridgehead atoms. The minimum Gasteiger partial charge on any atom is -0.490 e. The lowest BCUT2D eigenvalue weighted by Gasteiger charge is -2.10. The smallest absolute Gasteiger partial charge is 0.490 e. The quantitative estimate of drug-likeness (QED) is 0.238. The average Bonchev–Trinajstić information content (AvgIpc) is 3.49. The van der Waals surface area contributed by atoms with Crippen molar-refractivity contribution in [2.24, 2.45) is 5.73 Å². The molecule has 4 rings (SSSR count). The molecule has 200 valence electrons. The van der Waals surface area contributed by atoms with Crippen LogP contribution in [0.5, 0.6) is 5.75 Å². The van der Waals surface area contributed by atoms with Crippen molar-refractivity contribution in [1.82, 2.24) is 24.8 Å². The number of halogens is 3. The molecule has 0 atom stereocenters. The van der Waals surface area contributed by atoms with Crippen molar-refractivity contribution in [3.63, 3.8) is 0 Å². The van der Waals surface area contributed by atoms with Gasteiger partial charge in [0, 0.05) is 12.1 Å². The lowest BCUT2D eigenvalue weighted by Crippen LogP contribution is -2.21. The predicted octanol–water partition coefficient (Wildman–Crippen LogP) is 3.23. The number of pyridine rings is 1. The summed E-state index contributed by atoms with van der Waals surface area (Å²) in [6.45, 7) is 3.76. The van der Waals surface area contributed by atoms with E-state index in [9.17, 15) is 13.2 Å². The number of carboxylic acids is 1. The average molecular weight is 531 g/mol. The Morgan fingerprint density at radius 3 is 2.47 bits per heavy atom. The Kier molecular flexibility index (Phi) is 9.23. The summed E-state index contributed by atoms with van der Waals surface area (Å²) in [5.41, 5.74) is 14.7. The summed E-state index contributed by atoms with van der Waals surface area (Å²) in [6.07, 6.45) is -1.67. The number of alkyl halides is 3. The fraction of sp³-hybridized carbons (Fsp3) is 0.292. The van der Waals surface area contributed by atoms with Gasteiger partial charge in [0.2, 0.25) is 0 Å². The fourth-order valence-corrected chi connectivity index (χ4v) is 3.23. The van der Waals surface area contributed by atoms with Crippen molar-refractivity contribution in [3.8, 4) is 29.1 Å². The van der Waals surface area contributed by atoms with Gasteiger partial charge in [-0.3, -0.25) is 0 Å². The van der Waals surface area contributed by atoms with Gasteiger partial charge in [0.15, 0.2) is 23.1 Å². The molecule has 0 aliphatic rings. The maximum absolute atomic E-state index is 10.6. The number of aromatic nitrogens is 5. The van der Waals surface area contributed by atoms with Crippen LogP contribution in [0.3, 0.4) is 0 Å². The number of carbonyl (C=O) groups is 1. The van der Waals surface area contributed by atoms with Crippen molar-refractivity contribution >= 4 is 22.8 Å². The van der Waals surface area contributed by atoms with E-state index in [1.165, 1.54) is 0 Å². The number of benzene rings is 1. The number of nitrogens with zero attached hydrogens (tertiary/aromatic N) is 5. The number of carboxylic acid groups (broad SMARTS) is 1. The molecular weight excluding hydrogens is 507 g/mol. The summed E-state index contributed by atoms with van der Waals surface area (Å²) in [7, 11) is 0. The van der Waals surface area contributed by atoms with E-state index in [0.717, 1.165) is 23.9 Å². The van der Waals surface area contributed by atoms with Gasteiger partial charge in [0.1, 0.15) is 16.7 Å². The summed E-state index contributed by atoms with van der Waals surface area (Å²) in [4.78, 5) is 18.2. The highest BCUT2D eigenvalue weighted by atomic mass is 19.4. The third-order valence-corrected chi connectivity index (χ3v) is 4.98. The SMILES string of the molecule is CCn1c(-c2nonc2N)nc2c(C#Cc3ccccc3)ncc(OCCCCN)c21.O=C(O)C(F)(F)F. The number of aliphatic carboxylic acids is 1. The molecule has 14 heteroatoms. The standard InChI is InChI=1S/C22H23N7O2.C2HF3O2/c1-2-29-20-17(30-13-7-6-12-23)14-25-16(11-10-15-8-4-3-5-9-15)18(20)26-22(29)19-21(24)28-31-27-19;3-2(4,5)1(6)7/h3-5,8-9,14H,2,6-7,12-13,23H2,1H3,(H2,24,28);(H,6,7). The number of anilines is 1. The zero-order valence-corrected chi connectivity index (χ0v) is 20.2. The summed E-state index contributed by atoms with van der Waals surface area (Å²) < 4.78 is 44.5. The van der Waals surface area contributed by atoms with Crippen molar-refractivity contribution in [2.45, 2.75) is 32.5 Å². The van der Waals surface area contributed by atoms with E-state index >= 15 is 0 Å². The van der Waals surface area contributed by atoms with Gasteiger partial charge in [-0.1, -0.05) is 24.1 Å². The van der Waals surface area contributed by atoms with Crippen LogP contribution in [0.2, 0.25) is 0 Å². The number of imidazole rings is 1. The van der Waals surface area contributed by atoms with Crippen LogP contribution in [0.1, 0.15) is 31.0 Å². The van der Waals surface area contributed by atoms with Crippen LogP contribution in [-0.2, 0) is 11.3 Å². The highest BCUT2D eigenvalue weighted by Gasteiger charge is 2.38. The first-order valence-corrected chi connectivity index (χ1v) is 11.3. The van der Waals surface area contributed by atoms with Crippen molar-refractivity contribution in [2.75, 3.05) is 18.9 Å². The van der Waals surface area contributed by atoms with Gasteiger partial charge < -0.3 is 25.9 Å². The molecule has 0 fully saturated rings. The number of rotatable bonds is 7. The molecule has 0 amide bonds. The first-order valence-electron chi connectivity index (χ1n) is 11.3. The maximum atomic E-state index is 10.6. The Morgan fingerprint density at radius 1 is 1.18 bits per heavy atom. The normalized spacial score (nSPS) is 10.9. The minimum atomic E-state index is -5.08. The van der Waals surface area contributed by atoms with E-state index in [1.54, 1.807) is 6.20 Å². The highest BCUT2D eigenvalue weighted by molar-refractivity contribution is 5.89. The number of ether oxygens (including phenoxy) is 1. The van der Waals surface area contributed by atoms with Crippen LogP contribution in [-0.4, -0.2) is 55.3 Å². The number of hydrogen-bond donors (Lipinski definition) is 3. The van der Waals surface area contributed by atoms with Gasteiger partial charge in [-0.2, -0.15) is 13.2 Å². The highest BCUT2D eigenvalue weighted by Crippen LogP contribution is 2.33. The predicted molar refractivity (Wildman–Crippen MR) is 131 cm³/mol. The molecule has 4 aromatic rings. The Morgan fingerprint density at radius 2 is 1.89 bits per heavy atom. The second-order valence-electron chi connectivity index (χ2n) is 7.61. The molecule has 3 aromatic heterocycles. The molecule has 0 aliphatic carbocycles. The van der Waals surface area contributed by atoms with E-state index in [4.69, 9.17) is 35.7 Å². The third-order valence-electron chi connectivity index (χ3n) is 4.98. The van der Waals surface area contributed by atoms with Crippen molar-refractivity contribution < 1.29 is 32.4 Å². The topological polar surface area (TPSA) is 168 Å². The first-order chi connectivity index (χ1) is 18.2. The van der Waals surface area contributed by atoms with E-state index in [0.29, 0.717) is 48.2 Å². The van der Waals surface area contributed by atoms with Crippen LogP contribution in [0, 0.1) is 11.8 Å². The van der Waals surface area contributed by atoms with E-state index < -0.39 is 12.1 Å². The van der Waals surface area contributed by atoms with Gasteiger partial charge >= 0.3 is 12.1 Å². The zero-order chi connectivity index (χ0) is 27.7. The maximum Gasteiger partial charge on any atom is 0.490 e. The lowest BCUT2D eigenvalue weighted by atomic mass is 10.2. The summed E-state index contributed by atoms with van der Waals surface area (Å²) >= 11 is 0. The molecule has 1 aromatic carbocycles. The van der Waals surface area contributed by atoms with Gasteiger partial charge in [0.05, 0.1) is 12.8 Å². The van der Waals surface area contributed by atoms with Gasteiger partial charge in [-0.15, -0.1) is 0 Å². The second-order valence-corrected chi connectivity index (χ2v) is 7.61. The molecule has 0 spiro atoms. The van der Waals surface area contributed by atoms with Gasteiger partial charge in [-0.05, 0) is 54.7 Å². The Labute approximate surface area is 214 Å². The van der Waals surface area contributed by atoms with E-state index in [1.807, 2.05) is 41.8 Å². The number of aryl methyl sites for hydroxylation is 1. The van der Waals surface area contributed by atoms with Crippen LogP contribution >= 0.6 is 0 Å². The molecule has 5 N–H and O–H groups in total. The first kappa shape index (κ1) is 27.9. The number of hydrogen-bond acceptors (Lipinski definition) is 9. The zero-order valence-electron chi connectivity index (χ0n) is 20.2. The number of nitrogen functional groups attached to an aromatic ring is 1. The molecule has 38 heavy (non-hydrogen) atoms. The number of fused-ring (bicyclic) bond motifs is 1. The van der Waals surface area contributed by atoms with E-state index in [-0.39, 0.29) is 5.82 Å². The van der Waals surface area contributed by atoms with Crippen molar-refractivity contribution in [3.05, 3.63) is 47.8 Å².